The number of alkyl halides is 3. The molecule has 0 amide bonds. The molecule has 0 radical (unpaired) electrons. The molecule has 4 aromatic rings. The van der Waals surface area contributed by atoms with Gasteiger partial charge in [-0.2, -0.15) is 16.0 Å². The third-order valence-corrected chi connectivity index (χ3v) is 10.7. The van der Waals surface area contributed by atoms with Crippen molar-refractivity contribution in [3.63, 3.8) is 0 Å². The minimum Gasteiger partial charge on any atom is -0.406 e. The lowest BCUT2D eigenvalue weighted by molar-refractivity contribution is -0.274. The number of rotatable bonds is 8. The van der Waals surface area contributed by atoms with Gasteiger partial charge in [-0.15, -0.1) is 23.4 Å². The second-order valence-electron chi connectivity index (χ2n) is 9.73. The fourth-order valence-electron chi connectivity index (χ4n) is 4.48. The second-order valence-corrected chi connectivity index (χ2v) is 13.4. The zero-order chi connectivity index (χ0) is 29.7. The normalized spacial score (nSPS) is 19.4. The fraction of sp³-hybridized carbons (Fsp3) is 0.233. The Kier molecular flexibility index (Phi) is 9.12. The van der Waals surface area contributed by atoms with Gasteiger partial charge in [-0.1, -0.05) is 68.1 Å². The van der Waals surface area contributed by atoms with Crippen molar-refractivity contribution in [2.45, 2.75) is 42.7 Å². The van der Waals surface area contributed by atoms with Crippen LogP contribution < -0.4 is 4.74 Å². The number of hydrogen-bond donors (Lipinski definition) is 1. The van der Waals surface area contributed by atoms with E-state index < -0.39 is 17.3 Å². The van der Waals surface area contributed by atoms with Gasteiger partial charge in [0, 0.05) is 11.3 Å². The molecule has 3 aromatic carbocycles. The number of aromatic nitrogens is 3. The number of nitrogens with zero attached hydrogens (tertiary/aromatic N) is 5. The van der Waals surface area contributed by atoms with E-state index in [1.165, 1.54) is 45.7 Å². The lowest BCUT2D eigenvalue weighted by Crippen LogP contribution is -2.22. The summed E-state index contributed by atoms with van der Waals surface area (Å²) in [5.74, 6) is 1.32. The van der Waals surface area contributed by atoms with Gasteiger partial charge in [-0.25, -0.2) is 9.67 Å². The fourth-order valence-corrected chi connectivity index (χ4v) is 9.20. The van der Waals surface area contributed by atoms with Crippen molar-refractivity contribution < 1.29 is 22.7 Å². The summed E-state index contributed by atoms with van der Waals surface area (Å²) in [6.07, 6.45) is 0.332. The van der Waals surface area contributed by atoms with Gasteiger partial charge in [-0.3, -0.25) is 0 Å². The van der Waals surface area contributed by atoms with Crippen LogP contribution in [0.5, 0.6) is 5.75 Å². The van der Waals surface area contributed by atoms with Crippen molar-refractivity contribution in [3.8, 4) is 22.8 Å². The number of halogens is 3. The Hall–Kier alpha value is -3.90. The maximum Gasteiger partial charge on any atom is 0.573 e. The standard InChI is InChI=1S/C30H28F3N5O2S2/c1-20(2)26-5-3-4-6-27(26)42-25(18-39)15-16-41-29(42)36-35-17-21-7-9-22(10-8-21)28-34-19-38(37-28)23-11-13-24(14-12-23)40-30(31,32)33/h3-14,17-20,25,42H,15-16H2,1-2H3/b35-17+,36-29+. The average molecular weight is 612 g/mol. The molecule has 1 aromatic heterocycles. The third-order valence-electron chi connectivity index (χ3n) is 6.50. The molecule has 1 aliphatic rings. The molecule has 2 heterocycles. The topological polar surface area (TPSA) is 81.7 Å². The van der Waals surface area contributed by atoms with Gasteiger partial charge in [0.15, 0.2) is 5.82 Å². The maximum absolute atomic E-state index is 12.4. The Morgan fingerprint density at radius 2 is 1.81 bits per heavy atom. The summed E-state index contributed by atoms with van der Waals surface area (Å²) >= 11 is 1.67. The lowest BCUT2D eigenvalue weighted by Gasteiger charge is -2.34. The van der Waals surface area contributed by atoms with E-state index in [0.29, 0.717) is 17.4 Å². The van der Waals surface area contributed by atoms with Crippen LogP contribution in [0.25, 0.3) is 17.1 Å². The number of ether oxygens (including phenoxy) is 1. The monoisotopic (exact) mass is 611 g/mol. The highest BCUT2D eigenvalue weighted by Crippen LogP contribution is 2.52. The molecule has 2 unspecified atom stereocenters. The summed E-state index contributed by atoms with van der Waals surface area (Å²) in [7, 11) is -0.933. The Labute approximate surface area is 248 Å². The second kappa shape index (κ2) is 13.0. The number of benzene rings is 3. The van der Waals surface area contributed by atoms with Gasteiger partial charge < -0.3 is 9.53 Å². The van der Waals surface area contributed by atoms with Gasteiger partial charge in [0.2, 0.25) is 0 Å². The predicted molar refractivity (Wildman–Crippen MR) is 163 cm³/mol. The first-order chi connectivity index (χ1) is 20.2. The summed E-state index contributed by atoms with van der Waals surface area (Å²) < 4.78 is 43.5. The maximum atomic E-state index is 12.4. The molecule has 0 aliphatic carbocycles. The first-order valence-electron chi connectivity index (χ1n) is 13.2. The zero-order valence-corrected chi connectivity index (χ0v) is 24.5. The molecule has 0 saturated carbocycles. The van der Waals surface area contributed by atoms with Crippen molar-refractivity contribution in [3.05, 3.63) is 90.3 Å². The van der Waals surface area contributed by atoms with Crippen molar-refractivity contribution in [2.24, 2.45) is 10.2 Å². The van der Waals surface area contributed by atoms with Crippen molar-refractivity contribution in [1.82, 2.24) is 14.8 Å². The molecule has 0 spiro atoms. The van der Waals surface area contributed by atoms with E-state index in [4.69, 9.17) is 0 Å². The highest BCUT2D eigenvalue weighted by molar-refractivity contribution is 8.48. The summed E-state index contributed by atoms with van der Waals surface area (Å²) in [6.45, 7) is 4.32. The van der Waals surface area contributed by atoms with Crippen molar-refractivity contribution >= 4 is 39.5 Å². The van der Waals surface area contributed by atoms with Crippen molar-refractivity contribution in [2.75, 3.05) is 5.75 Å². The van der Waals surface area contributed by atoms with E-state index >= 15 is 0 Å². The number of thiol groups is 1. The molecule has 7 nitrogen and oxygen atoms in total. The van der Waals surface area contributed by atoms with Crippen LogP contribution in [0.1, 0.15) is 37.3 Å². The first kappa shape index (κ1) is 29.6. The molecular weight excluding hydrogens is 583 g/mol. The van der Waals surface area contributed by atoms with Crippen molar-refractivity contribution in [1.29, 1.82) is 0 Å². The average Bonchev–Trinajstić information content (AvgIpc) is 3.47. The van der Waals surface area contributed by atoms with E-state index in [1.54, 1.807) is 18.0 Å². The molecule has 1 aliphatic heterocycles. The van der Waals surface area contributed by atoms with Crippen LogP contribution in [0.15, 0.2) is 94.2 Å². The SMILES string of the molecule is CC(C)c1ccccc1[SH]1/C(=N/N=C/c2ccc(-c3ncn(-c4ccc(OC(F)(F)F)cc4)n3)cc2)SCCC1C=O. The lowest BCUT2D eigenvalue weighted by atomic mass is 10.0. The minimum atomic E-state index is -4.75. The predicted octanol–water partition coefficient (Wildman–Crippen LogP) is 7.41. The smallest absolute Gasteiger partial charge is 0.406 e. The molecule has 1 fully saturated rings. The molecule has 5 rings (SSSR count). The number of hydrogen-bond acceptors (Lipinski definition) is 7. The number of carbonyl (C=O) groups is 1. The Balaban J connectivity index is 1.30. The highest BCUT2D eigenvalue weighted by Gasteiger charge is 2.31. The molecule has 2 atom stereocenters. The number of carbonyl (C=O) groups excluding carboxylic acids is 1. The highest BCUT2D eigenvalue weighted by atomic mass is 32.2. The van der Waals surface area contributed by atoms with Crippen LogP contribution in [0.4, 0.5) is 13.2 Å². The quantitative estimate of drug-likeness (QED) is 0.0971. The van der Waals surface area contributed by atoms with Gasteiger partial charge >= 0.3 is 6.36 Å². The zero-order valence-electron chi connectivity index (χ0n) is 22.8. The molecule has 12 heteroatoms. The molecule has 0 N–H and O–H groups in total. The van der Waals surface area contributed by atoms with Crippen LogP contribution in [0.3, 0.4) is 0 Å². The van der Waals surface area contributed by atoms with Gasteiger partial charge in [-0.05, 0) is 58.7 Å². The molecule has 1 saturated heterocycles. The summed E-state index contributed by atoms with van der Waals surface area (Å²) in [6, 6.07) is 21.2. The van der Waals surface area contributed by atoms with Crippen LogP contribution in [-0.2, 0) is 4.79 Å². The molecular formula is C30H28F3N5O2S2. The van der Waals surface area contributed by atoms with E-state index in [2.05, 4.69) is 51.0 Å². The minimum absolute atomic E-state index is 0.0761. The molecule has 42 heavy (non-hydrogen) atoms. The van der Waals surface area contributed by atoms with E-state index in [9.17, 15) is 18.0 Å². The van der Waals surface area contributed by atoms with Crippen LogP contribution >= 0.6 is 22.7 Å². The van der Waals surface area contributed by atoms with Crippen LogP contribution in [0, 0.1) is 0 Å². The van der Waals surface area contributed by atoms with E-state index in [-0.39, 0.29) is 11.0 Å². The summed E-state index contributed by atoms with van der Waals surface area (Å²) in [4.78, 5) is 17.5. The van der Waals surface area contributed by atoms with Gasteiger partial charge in [0.25, 0.3) is 0 Å². The molecule has 0 bridgehead atoms. The Morgan fingerprint density at radius 1 is 1.07 bits per heavy atom. The Bertz CT molecular complexity index is 1590. The van der Waals surface area contributed by atoms with E-state index in [1.807, 2.05) is 36.4 Å². The number of aldehydes is 1. The largest absolute Gasteiger partial charge is 0.573 e. The van der Waals surface area contributed by atoms with Gasteiger partial charge in [0.05, 0.1) is 17.2 Å². The third kappa shape index (κ3) is 7.11. The van der Waals surface area contributed by atoms with Gasteiger partial charge in [0.1, 0.15) is 22.7 Å². The Morgan fingerprint density at radius 3 is 2.50 bits per heavy atom. The first-order valence-corrected chi connectivity index (χ1v) is 15.6. The summed E-state index contributed by atoms with van der Waals surface area (Å²) in [5.41, 5.74) is 3.38. The van der Waals surface area contributed by atoms with E-state index in [0.717, 1.165) is 34.0 Å². The van der Waals surface area contributed by atoms with Crippen LogP contribution in [-0.4, -0.2) is 49.0 Å². The number of thioether (sulfide) groups is 1. The summed E-state index contributed by atoms with van der Waals surface area (Å²) in [5, 5.41) is 13.3. The molecule has 218 valence electrons. The van der Waals surface area contributed by atoms with Crippen LogP contribution in [0.2, 0.25) is 0 Å².